The molecule has 100 valence electrons. The Morgan fingerprint density at radius 2 is 1.89 bits per heavy atom. The number of benzene rings is 1. The third-order valence-electron chi connectivity index (χ3n) is 2.78. The van der Waals surface area contributed by atoms with Gasteiger partial charge in [-0.2, -0.15) is 4.98 Å². The Hall–Kier alpha value is -2.50. The Morgan fingerprint density at radius 1 is 1.11 bits per heavy atom. The summed E-state index contributed by atoms with van der Waals surface area (Å²) in [6.07, 6.45) is 2.17. The predicted octanol–water partition coefficient (Wildman–Crippen LogP) is 1.25. The van der Waals surface area contributed by atoms with E-state index in [2.05, 4.69) is 9.97 Å². The van der Waals surface area contributed by atoms with Crippen LogP contribution in [-0.2, 0) is 6.42 Å². The molecule has 0 amide bonds. The van der Waals surface area contributed by atoms with E-state index in [1.54, 1.807) is 20.4 Å². The van der Waals surface area contributed by atoms with Crippen molar-refractivity contribution < 1.29 is 9.47 Å². The number of anilines is 2. The first-order valence-electron chi connectivity index (χ1n) is 5.72. The Kier molecular flexibility index (Phi) is 3.70. The van der Waals surface area contributed by atoms with Crippen molar-refractivity contribution in [2.75, 3.05) is 25.7 Å². The second-order valence-corrected chi connectivity index (χ2v) is 3.97. The van der Waals surface area contributed by atoms with Crippen LogP contribution in [0, 0.1) is 0 Å². The van der Waals surface area contributed by atoms with Crippen LogP contribution in [0.25, 0.3) is 0 Å². The first-order chi connectivity index (χ1) is 9.15. The molecule has 0 aliphatic carbocycles. The number of methoxy groups -OCH3 is 2. The van der Waals surface area contributed by atoms with Crippen molar-refractivity contribution in [1.29, 1.82) is 0 Å². The van der Waals surface area contributed by atoms with Crippen molar-refractivity contribution in [2.24, 2.45) is 0 Å². The molecule has 6 heteroatoms. The van der Waals surface area contributed by atoms with Crippen LogP contribution >= 0.6 is 0 Å². The van der Waals surface area contributed by atoms with E-state index in [1.807, 2.05) is 18.2 Å². The SMILES string of the molecule is COc1cccc(Cc2cnc(N)nc2N)c1OC. The second-order valence-electron chi connectivity index (χ2n) is 3.97. The zero-order valence-electron chi connectivity index (χ0n) is 10.9. The van der Waals surface area contributed by atoms with E-state index in [1.165, 1.54) is 0 Å². The smallest absolute Gasteiger partial charge is 0.221 e. The van der Waals surface area contributed by atoms with Crippen LogP contribution in [0.15, 0.2) is 24.4 Å². The average molecular weight is 260 g/mol. The summed E-state index contributed by atoms with van der Waals surface area (Å²) < 4.78 is 10.6. The number of nitrogen functional groups attached to an aromatic ring is 2. The Bertz CT molecular complexity index is 587. The molecule has 4 N–H and O–H groups in total. The topological polar surface area (TPSA) is 96.3 Å². The number of hydrogen-bond acceptors (Lipinski definition) is 6. The third-order valence-corrected chi connectivity index (χ3v) is 2.78. The summed E-state index contributed by atoms with van der Waals surface area (Å²) in [7, 11) is 3.20. The second kappa shape index (κ2) is 5.43. The van der Waals surface area contributed by atoms with Gasteiger partial charge in [0.1, 0.15) is 5.82 Å². The molecule has 2 rings (SSSR count). The molecular formula is C13H16N4O2. The van der Waals surface area contributed by atoms with E-state index in [-0.39, 0.29) is 5.95 Å². The number of nitrogens with two attached hydrogens (primary N) is 2. The lowest BCUT2D eigenvalue weighted by Gasteiger charge is -2.13. The fourth-order valence-electron chi connectivity index (χ4n) is 1.87. The molecule has 6 nitrogen and oxygen atoms in total. The summed E-state index contributed by atoms with van der Waals surface area (Å²) in [6.45, 7) is 0. The van der Waals surface area contributed by atoms with Gasteiger partial charge in [0.2, 0.25) is 5.95 Å². The summed E-state index contributed by atoms with van der Waals surface area (Å²) in [5, 5.41) is 0. The van der Waals surface area contributed by atoms with Crippen molar-refractivity contribution >= 4 is 11.8 Å². The third kappa shape index (κ3) is 2.67. The van der Waals surface area contributed by atoms with Crippen molar-refractivity contribution in [1.82, 2.24) is 9.97 Å². The highest BCUT2D eigenvalue weighted by Crippen LogP contribution is 2.32. The van der Waals surface area contributed by atoms with Gasteiger partial charge in [0.05, 0.1) is 14.2 Å². The van der Waals surface area contributed by atoms with Gasteiger partial charge < -0.3 is 20.9 Å². The lowest BCUT2D eigenvalue weighted by molar-refractivity contribution is 0.352. The van der Waals surface area contributed by atoms with Crippen molar-refractivity contribution in [3.63, 3.8) is 0 Å². The zero-order chi connectivity index (χ0) is 13.8. The number of para-hydroxylation sites is 1. The van der Waals surface area contributed by atoms with E-state index in [0.717, 1.165) is 11.1 Å². The van der Waals surface area contributed by atoms with Gasteiger partial charge in [-0.05, 0) is 6.07 Å². The summed E-state index contributed by atoms with van der Waals surface area (Å²) >= 11 is 0. The maximum atomic E-state index is 5.83. The molecule has 0 saturated carbocycles. The van der Waals surface area contributed by atoms with E-state index >= 15 is 0 Å². The van der Waals surface area contributed by atoms with E-state index in [4.69, 9.17) is 20.9 Å². The van der Waals surface area contributed by atoms with Gasteiger partial charge in [0.15, 0.2) is 11.5 Å². The van der Waals surface area contributed by atoms with Crippen LogP contribution in [-0.4, -0.2) is 24.2 Å². The lowest BCUT2D eigenvalue weighted by Crippen LogP contribution is -2.05. The summed E-state index contributed by atoms with van der Waals surface area (Å²) in [4.78, 5) is 7.89. The molecule has 0 aliphatic heterocycles. The van der Waals surface area contributed by atoms with Crippen LogP contribution in [0.2, 0.25) is 0 Å². The van der Waals surface area contributed by atoms with Gasteiger partial charge in [-0.1, -0.05) is 12.1 Å². The Balaban J connectivity index is 2.37. The molecule has 0 bridgehead atoms. The van der Waals surface area contributed by atoms with Crippen LogP contribution in [0.5, 0.6) is 11.5 Å². The predicted molar refractivity (Wildman–Crippen MR) is 73.2 cm³/mol. The molecule has 0 saturated heterocycles. The molecule has 1 aromatic carbocycles. The molecule has 1 heterocycles. The van der Waals surface area contributed by atoms with Crippen molar-refractivity contribution in [3.05, 3.63) is 35.5 Å². The molecule has 0 aliphatic rings. The molecule has 0 fully saturated rings. The first-order valence-corrected chi connectivity index (χ1v) is 5.72. The molecule has 1 aromatic heterocycles. The largest absolute Gasteiger partial charge is 0.493 e. The fourth-order valence-corrected chi connectivity index (χ4v) is 1.87. The monoisotopic (exact) mass is 260 g/mol. The highest BCUT2D eigenvalue weighted by atomic mass is 16.5. The Labute approximate surface area is 111 Å². The summed E-state index contributed by atoms with van der Waals surface area (Å²) in [5.41, 5.74) is 13.0. The van der Waals surface area contributed by atoms with Gasteiger partial charge in [-0.15, -0.1) is 0 Å². The Morgan fingerprint density at radius 3 is 2.53 bits per heavy atom. The summed E-state index contributed by atoms with van der Waals surface area (Å²) in [5.74, 6) is 1.90. The highest BCUT2D eigenvalue weighted by Gasteiger charge is 2.12. The molecule has 19 heavy (non-hydrogen) atoms. The van der Waals surface area contributed by atoms with Gasteiger partial charge in [0, 0.05) is 23.7 Å². The van der Waals surface area contributed by atoms with Gasteiger partial charge >= 0.3 is 0 Å². The summed E-state index contributed by atoms with van der Waals surface area (Å²) in [6, 6.07) is 5.67. The number of aromatic nitrogens is 2. The molecule has 2 aromatic rings. The normalized spacial score (nSPS) is 10.2. The van der Waals surface area contributed by atoms with Crippen molar-refractivity contribution in [3.8, 4) is 11.5 Å². The minimum Gasteiger partial charge on any atom is -0.493 e. The molecule has 0 radical (unpaired) electrons. The van der Waals surface area contributed by atoms with E-state index in [0.29, 0.717) is 23.7 Å². The lowest BCUT2D eigenvalue weighted by atomic mass is 10.1. The fraction of sp³-hybridized carbons (Fsp3) is 0.231. The average Bonchev–Trinajstić information content (AvgIpc) is 2.41. The zero-order valence-corrected chi connectivity index (χ0v) is 10.9. The molecular weight excluding hydrogens is 244 g/mol. The van der Waals surface area contributed by atoms with Crippen LogP contribution < -0.4 is 20.9 Å². The van der Waals surface area contributed by atoms with Gasteiger partial charge in [-0.25, -0.2) is 4.98 Å². The quantitative estimate of drug-likeness (QED) is 0.858. The van der Waals surface area contributed by atoms with Crippen LogP contribution in [0.4, 0.5) is 11.8 Å². The number of hydrogen-bond donors (Lipinski definition) is 2. The van der Waals surface area contributed by atoms with E-state index < -0.39 is 0 Å². The van der Waals surface area contributed by atoms with Crippen LogP contribution in [0.1, 0.15) is 11.1 Å². The molecule has 0 atom stereocenters. The minimum atomic E-state index is 0.166. The van der Waals surface area contributed by atoms with Gasteiger partial charge in [-0.3, -0.25) is 0 Å². The maximum Gasteiger partial charge on any atom is 0.221 e. The number of nitrogens with zero attached hydrogens (tertiary/aromatic N) is 2. The van der Waals surface area contributed by atoms with Crippen molar-refractivity contribution in [2.45, 2.75) is 6.42 Å². The van der Waals surface area contributed by atoms with Gasteiger partial charge in [0.25, 0.3) is 0 Å². The van der Waals surface area contributed by atoms with Crippen LogP contribution in [0.3, 0.4) is 0 Å². The minimum absolute atomic E-state index is 0.166. The molecule has 0 spiro atoms. The first kappa shape index (κ1) is 12.9. The highest BCUT2D eigenvalue weighted by molar-refractivity contribution is 5.51. The van der Waals surface area contributed by atoms with E-state index in [9.17, 15) is 0 Å². The maximum absolute atomic E-state index is 5.83. The number of ether oxygens (including phenoxy) is 2. The number of rotatable bonds is 4. The molecule has 0 unspecified atom stereocenters. The standard InChI is InChI=1S/C13H16N4O2/c1-18-10-5-3-4-8(11(10)19-2)6-9-7-16-13(15)17-12(9)14/h3-5,7H,6H2,1-2H3,(H4,14,15,16,17).